The third-order valence-corrected chi connectivity index (χ3v) is 3.48. The quantitative estimate of drug-likeness (QED) is 0.359. The lowest BCUT2D eigenvalue weighted by Crippen LogP contribution is -2.30. The molecule has 0 bridgehead atoms. The van der Waals surface area contributed by atoms with E-state index in [1.165, 1.54) is 38.5 Å². The molecule has 0 aromatic rings. The second-order valence-corrected chi connectivity index (χ2v) is 5.09. The first-order valence-electron chi connectivity index (χ1n) is 7.11. The Labute approximate surface area is 100 Å². The minimum Gasteiger partial charge on any atom is -0.347 e. The number of rotatable bonds is 7. The summed E-state index contributed by atoms with van der Waals surface area (Å²) in [5.41, 5.74) is 0. The van der Waals surface area contributed by atoms with Crippen molar-refractivity contribution in [2.75, 3.05) is 6.61 Å². The molecule has 0 N–H and O–H groups in total. The van der Waals surface area contributed by atoms with Crippen molar-refractivity contribution in [3.63, 3.8) is 0 Å². The molecule has 1 radical (unpaired) electrons. The van der Waals surface area contributed by atoms with E-state index in [2.05, 4.69) is 6.92 Å². The predicted octanol–water partition coefficient (Wildman–Crippen LogP) is 4.45. The van der Waals surface area contributed by atoms with E-state index in [1.807, 2.05) is 0 Å². The summed E-state index contributed by atoms with van der Waals surface area (Å²) in [7, 11) is 0. The summed E-state index contributed by atoms with van der Waals surface area (Å²) in [4.78, 5) is 0. The minimum atomic E-state index is -1.04. The molecule has 0 aromatic carbocycles. The molecule has 0 atom stereocenters. The van der Waals surface area contributed by atoms with Gasteiger partial charge in [-0.25, -0.2) is 0 Å². The van der Waals surface area contributed by atoms with Crippen molar-refractivity contribution in [2.45, 2.75) is 83.3 Å². The third kappa shape index (κ3) is 5.86. The zero-order valence-corrected chi connectivity index (χ0v) is 10.8. The highest BCUT2D eigenvalue weighted by Crippen LogP contribution is 2.28. The molecule has 1 aliphatic carbocycles. The molecule has 1 aliphatic rings. The summed E-state index contributed by atoms with van der Waals surface area (Å²) >= 11 is 0. The molecule has 0 heterocycles. The lowest BCUT2D eigenvalue weighted by atomic mass is 10.1. The summed E-state index contributed by atoms with van der Waals surface area (Å²) in [6.45, 7) is 2.89. The van der Waals surface area contributed by atoms with Gasteiger partial charge in [0, 0.05) is 12.8 Å². The summed E-state index contributed by atoms with van der Waals surface area (Å²) in [6, 6.07) is 0. The van der Waals surface area contributed by atoms with E-state index in [0.717, 1.165) is 32.1 Å². The van der Waals surface area contributed by atoms with Gasteiger partial charge in [-0.2, -0.15) is 5.11 Å². The van der Waals surface area contributed by atoms with Crippen LogP contribution in [0.2, 0.25) is 0 Å². The Morgan fingerprint density at radius 3 is 2.19 bits per heavy atom. The Bertz CT molecular complexity index is 160. The molecule has 1 saturated carbocycles. The highest BCUT2D eigenvalue weighted by molar-refractivity contribution is 4.71. The van der Waals surface area contributed by atoms with Gasteiger partial charge in [0.25, 0.3) is 0 Å². The smallest absolute Gasteiger partial charge is 0.201 e. The van der Waals surface area contributed by atoms with Crippen molar-refractivity contribution in [1.82, 2.24) is 0 Å². The molecule has 0 unspecified atom stereocenters. The molecule has 0 amide bonds. The standard InChI is InChI=1S/C14H27O2/c1-2-3-4-7-10-13-16-14(15)11-8-5-6-9-12-14/h2-13H2,1H3. The molecule has 0 aliphatic heterocycles. The Hall–Kier alpha value is -0.0800. The van der Waals surface area contributed by atoms with Crippen LogP contribution in [0.15, 0.2) is 0 Å². The van der Waals surface area contributed by atoms with E-state index in [1.54, 1.807) is 0 Å². The first-order valence-corrected chi connectivity index (χ1v) is 7.11. The molecule has 1 rings (SSSR count). The monoisotopic (exact) mass is 227 g/mol. The van der Waals surface area contributed by atoms with E-state index < -0.39 is 5.79 Å². The third-order valence-electron chi connectivity index (χ3n) is 3.48. The molecule has 1 fully saturated rings. The zero-order valence-electron chi connectivity index (χ0n) is 10.8. The van der Waals surface area contributed by atoms with Gasteiger partial charge in [0.15, 0.2) is 0 Å². The maximum atomic E-state index is 12.2. The van der Waals surface area contributed by atoms with Crippen LogP contribution in [0.3, 0.4) is 0 Å². The average Bonchev–Trinajstić information content (AvgIpc) is 2.49. The predicted molar refractivity (Wildman–Crippen MR) is 65.8 cm³/mol. The average molecular weight is 227 g/mol. The van der Waals surface area contributed by atoms with Gasteiger partial charge in [-0.1, -0.05) is 45.4 Å². The van der Waals surface area contributed by atoms with Gasteiger partial charge < -0.3 is 4.74 Å². The highest BCUT2D eigenvalue weighted by atomic mass is 16.6. The first kappa shape index (κ1) is 14.0. The number of unbranched alkanes of at least 4 members (excludes halogenated alkanes) is 4. The summed E-state index contributed by atoms with van der Waals surface area (Å²) in [6.07, 6.45) is 12.1. The van der Waals surface area contributed by atoms with Crippen LogP contribution >= 0.6 is 0 Å². The van der Waals surface area contributed by atoms with Crippen LogP contribution in [-0.2, 0) is 9.84 Å². The molecule has 0 aromatic heterocycles. The molecule has 2 nitrogen and oxygen atoms in total. The van der Waals surface area contributed by atoms with Crippen LogP contribution in [0, 0.1) is 0 Å². The van der Waals surface area contributed by atoms with Gasteiger partial charge in [-0.05, 0) is 19.3 Å². The van der Waals surface area contributed by atoms with E-state index >= 15 is 0 Å². The van der Waals surface area contributed by atoms with Crippen molar-refractivity contribution >= 4 is 0 Å². The van der Waals surface area contributed by atoms with Crippen LogP contribution < -0.4 is 0 Å². The molecule has 16 heavy (non-hydrogen) atoms. The largest absolute Gasteiger partial charge is 0.347 e. The minimum absolute atomic E-state index is 0.674. The second kappa shape index (κ2) is 8.08. The van der Waals surface area contributed by atoms with Crippen molar-refractivity contribution in [2.24, 2.45) is 0 Å². The second-order valence-electron chi connectivity index (χ2n) is 5.09. The van der Waals surface area contributed by atoms with Crippen LogP contribution in [0.4, 0.5) is 0 Å². The summed E-state index contributed by atoms with van der Waals surface area (Å²) in [5.74, 6) is -1.04. The molecule has 2 heteroatoms. The SMILES string of the molecule is CCCCCCCOC1([O])CCCCCC1. The lowest BCUT2D eigenvalue weighted by molar-refractivity contribution is -0.247. The van der Waals surface area contributed by atoms with E-state index in [-0.39, 0.29) is 0 Å². The Balaban J connectivity index is 2.05. The van der Waals surface area contributed by atoms with Crippen LogP contribution in [0.5, 0.6) is 0 Å². The Morgan fingerprint density at radius 1 is 0.938 bits per heavy atom. The molecular formula is C14H27O2. The Morgan fingerprint density at radius 2 is 1.56 bits per heavy atom. The number of ether oxygens (including phenoxy) is 1. The summed E-state index contributed by atoms with van der Waals surface area (Å²) < 4.78 is 5.58. The first-order chi connectivity index (χ1) is 7.77. The van der Waals surface area contributed by atoms with Gasteiger partial charge in [-0.15, -0.1) is 0 Å². The fraction of sp³-hybridized carbons (Fsp3) is 1.00. The van der Waals surface area contributed by atoms with Gasteiger partial charge in [0.05, 0.1) is 6.61 Å². The molecule has 95 valence electrons. The van der Waals surface area contributed by atoms with E-state index in [9.17, 15) is 5.11 Å². The highest BCUT2D eigenvalue weighted by Gasteiger charge is 2.30. The Kier molecular flexibility index (Phi) is 7.06. The fourth-order valence-corrected chi connectivity index (χ4v) is 2.38. The molecule has 0 spiro atoms. The maximum absolute atomic E-state index is 12.2. The molecule has 0 saturated heterocycles. The fourth-order valence-electron chi connectivity index (χ4n) is 2.38. The van der Waals surface area contributed by atoms with E-state index in [0.29, 0.717) is 6.61 Å². The molecular weight excluding hydrogens is 200 g/mol. The van der Waals surface area contributed by atoms with E-state index in [4.69, 9.17) is 4.74 Å². The number of hydrogen-bond donors (Lipinski definition) is 0. The maximum Gasteiger partial charge on any atom is 0.201 e. The number of hydrogen-bond acceptors (Lipinski definition) is 1. The normalized spacial score (nSPS) is 20.6. The van der Waals surface area contributed by atoms with Crippen molar-refractivity contribution in [3.05, 3.63) is 0 Å². The topological polar surface area (TPSA) is 29.1 Å². The van der Waals surface area contributed by atoms with Crippen LogP contribution in [0.1, 0.15) is 77.6 Å². The van der Waals surface area contributed by atoms with Crippen LogP contribution in [0.25, 0.3) is 0 Å². The van der Waals surface area contributed by atoms with Crippen LogP contribution in [-0.4, -0.2) is 12.4 Å². The van der Waals surface area contributed by atoms with Gasteiger partial charge in [0.1, 0.15) is 0 Å². The van der Waals surface area contributed by atoms with Gasteiger partial charge >= 0.3 is 0 Å². The van der Waals surface area contributed by atoms with Gasteiger partial charge in [-0.3, -0.25) is 0 Å². The van der Waals surface area contributed by atoms with Crippen molar-refractivity contribution in [1.29, 1.82) is 0 Å². The zero-order chi connectivity index (χ0) is 11.7. The van der Waals surface area contributed by atoms with Crippen molar-refractivity contribution in [3.8, 4) is 0 Å². The summed E-state index contributed by atoms with van der Waals surface area (Å²) in [5, 5.41) is 12.2. The van der Waals surface area contributed by atoms with Gasteiger partial charge in [0.2, 0.25) is 5.79 Å². The lowest BCUT2D eigenvalue weighted by Gasteiger charge is -2.24. The van der Waals surface area contributed by atoms with Crippen molar-refractivity contribution < 1.29 is 9.84 Å².